The third-order valence-electron chi connectivity index (χ3n) is 3.83. The van der Waals surface area contributed by atoms with E-state index < -0.39 is 0 Å². The highest BCUT2D eigenvalue weighted by Crippen LogP contribution is 2.29. The van der Waals surface area contributed by atoms with Crippen LogP contribution in [-0.4, -0.2) is 49.5 Å². The van der Waals surface area contributed by atoms with Gasteiger partial charge in [0, 0.05) is 45.0 Å². The Balaban J connectivity index is 2.14. The van der Waals surface area contributed by atoms with Crippen LogP contribution in [0.3, 0.4) is 0 Å². The summed E-state index contributed by atoms with van der Waals surface area (Å²) in [4.78, 5) is 2.12. The normalized spacial score (nSPS) is 25.7. The van der Waals surface area contributed by atoms with Gasteiger partial charge in [-0.25, -0.2) is 4.39 Å². The summed E-state index contributed by atoms with van der Waals surface area (Å²) < 4.78 is 24.6. The van der Waals surface area contributed by atoms with E-state index in [1.165, 1.54) is 6.07 Å². The van der Waals surface area contributed by atoms with Gasteiger partial charge in [-0.3, -0.25) is 4.90 Å². The molecule has 0 bridgehead atoms. The Kier molecular flexibility index (Phi) is 4.39. The van der Waals surface area contributed by atoms with Crippen LogP contribution in [0.25, 0.3) is 0 Å². The lowest BCUT2D eigenvalue weighted by atomic mass is 10.1. The fourth-order valence-electron chi connectivity index (χ4n) is 2.59. The van der Waals surface area contributed by atoms with E-state index in [2.05, 4.69) is 4.90 Å². The quantitative estimate of drug-likeness (QED) is 0.907. The van der Waals surface area contributed by atoms with Crippen molar-refractivity contribution in [3.63, 3.8) is 0 Å². The number of likely N-dealkylation sites (tertiary alicyclic amines) is 1. The van der Waals surface area contributed by atoms with Gasteiger partial charge in [-0.1, -0.05) is 6.07 Å². The number of halogens is 1. The number of benzene rings is 1. The first kappa shape index (κ1) is 14.2. The summed E-state index contributed by atoms with van der Waals surface area (Å²) in [6.45, 7) is 3.35. The van der Waals surface area contributed by atoms with Gasteiger partial charge in [0.15, 0.2) is 0 Å². The summed E-state index contributed by atoms with van der Waals surface area (Å²) in [5.74, 6) is -0.443. The summed E-state index contributed by atoms with van der Waals surface area (Å²) in [5, 5.41) is 9.25. The fraction of sp³-hybridized carbons (Fsp3) is 0.571. The molecular weight excluding hydrogens is 249 g/mol. The Morgan fingerprint density at radius 3 is 2.32 bits per heavy atom. The Labute approximate surface area is 112 Å². The smallest absolute Gasteiger partial charge is 0.131 e. The Morgan fingerprint density at radius 2 is 1.84 bits per heavy atom. The van der Waals surface area contributed by atoms with Crippen molar-refractivity contribution < 1.29 is 19.0 Å². The van der Waals surface area contributed by atoms with E-state index in [1.807, 2.05) is 6.92 Å². The number of rotatable bonds is 4. The van der Waals surface area contributed by atoms with Crippen molar-refractivity contribution in [2.24, 2.45) is 0 Å². The van der Waals surface area contributed by atoms with E-state index in [0.29, 0.717) is 18.7 Å². The molecule has 3 atom stereocenters. The van der Waals surface area contributed by atoms with E-state index in [1.54, 1.807) is 20.3 Å². The summed E-state index contributed by atoms with van der Waals surface area (Å²) in [5.41, 5.74) is 0.574. The predicted octanol–water partition coefficient (Wildman–Crippen LogP) is 1.94. The average Bonchev–Trinajstić information content (AvgIpc) is 2.81. The van der Waals surface area contributed by atoms with Gasteiger partial charge in [0.05, 0.1) is 12.2 Å². The molecule has 5 heteroatoms. The number of methoxy groups -OCH3 is 2. The van der Waals surface area contributed by atoms with Gasteiger partial charge in [0.1, 0.15) is 11.6 Å². The molecule has 1 saturated heterocycles. The number of phenolic OH excluding ortho intramolecular Hbond substituents is 1. The van der Waals surface area contributed by atoms with Gasteiger partial charge < -0.3 is 14.6 Å². The third-order valence-corrected chi connectivity index (χ3v) is 3.83. The molecule has 1 aliphatic rings. The first-order valence-corrected chi connectivity index (χ1v) is 6.35. The second-order valence-electron chi connectivity index (χ2n) is 4.88. The van der Waals surface area contributed by atoms with Crippen molar-refractivity contribution >= 4 is 0 Å². The van der Waals surface area contributed by atoms with Crippen molar-refractivity contribution in [1.82, 2.24) is 4.90 Å². The number of hydrogen-bond donors (Lipinski definition) is 1. The summed E-state index contributed by atoms with van der Waals surface area (Å²) in [6, 6.07) is 4.19. The minimum absolute atomic E-state index is 0.00706. The van der Waals surface area contributed by atoms with Crippen LogP contribution in [0.5, 0.6) is 5.75 Å². The molecule has 1 fully saturated rings. The van der Waals surface area contributed by atoms with Gasteiger partial charge in [-0.05, 0) is 13.0 Å². The molecule has 3 unspecified atom stereocenters. The van der Waals surface area contributed by atoms with Crippen LogP contribution in [0.2, 0.25) is 0 Å². The maximum Gasteiger partial charge on any atom is 0.131 e. The Bertz CT molecular complexity index is 429. The SMILES string of the molecule is COC1CN(C(C)c2ccc(O)cc2F)CC1OC. The molecule has 0 amide bonds. The second kappa shape index (κ2) is 5.86. The first-order valence-electron chi connectivity index (χ1n) is 6.35. The summed E-state index contributed by atoms with van der Waals surface area (Å²) >= 11 is 0. The van der Waals surface area contributed by atoms with Crippen LogP contribution < -0.4 is 0 Å². The molecule has 19 heavy (non-hydrogen) atoms. The molecule has 106 valence electrons. The lowest BCUT2D eigenvalue weighted by Gasteiger charge is -2.24. The summed E-state index contributed by atoms with van der Waals surface area (Å²) in [7, 11) is 3.32. The van der Waals surface area contributed by atoms with Crippen molar-refractivity contribution in [2.45, 2.75) is 25.2 Å². The summed E-state index contributed by atoms with van der Waals surface area (Å²) in [6.07, 6.45) is 0.0141. The molecule has 1 aromatic carbocycles. The van der Waals surface area contributed by atoms with Crippen molar-refractivity contribution in [3.05, 3.63) is 29.6 Å². The molecule has 1 heterocycles. The van der Waals surface area contributed by atoms with E-state index in [0.717, 1.165) is 6.07 Å². The van der Waals surface area contributed by atoms with E-state index in [4.69, 9.17) is 9.47 Å². The van der Waals surface area contributed by atoms with Gasteiger partial charge >= 0.3 is 0 Å². The predicted molar refractivity (Wildman–Crippen MR) is 69.6 cm³/mol. The molecule has 4 nitrogen and oxygen atoms in total. The maximum absolute atomic E-state index is 13.9. The highest BCUT2D eigenvalue weighted by atomic mass is 19.1. The minimum Gasteiger partial charge on any atom is -0.508 e. The molecule has 1 N–H and O–H groups in total. The molecule has 1 aliphatic heterocycles. The second-order valence-corrected chi connectivity index (χ2v) is 4.88. The molecule has 2 rings (SSSR count). The molecule has 0 aliphatic carbocycles. The fourth-order valence-corrected chi connectivity index (χ4v) is 2.59. The lowest BCUT2D eigenvalue weighted by molar-refractivity contribution is -0.00461. The minimum atomic E-state index is -0.387. The molecule has 0 saturated carbocycles. The van der Waals surface area contributed by atoms with Crippen molar-refractivity contribution in [1.29, 1.82) is 0 Å². The topological polar surface area (TPSA) is 41.9 Å². The monoisotopic (exact) mass is 269 g/mol. The van der Waals surface area contributed by atoms with Crippen LogP contribution in [-0.2, 0) is 9.47 Å². The Morgan fingerprint density at radius 1 is 1.26 bits per heavy atom. The highest BCUT2D eigenvalue weighted by Gasteiger charge is 2.36. The standard InChI is InChI=1S/C14H20FNO3/c1-9(11-5-4-10(17)6-12(11)15)16-7-13(18-2)14(8-16)19-3/h4-6,9,13-14,17H,7-8H2,1-3H3. The van der Waals surface area contributed by atoms with Crippen LogP contribution in [0.4, 0.5) is 4.39 Å². The average molecular weight is 269 g/mol. The van der Waals surface area contributed by atoms with Crippen LogP contribution in [0.1, 0.15) is 18.5 Å². The van der Waals surface area contributed by atoms with Crippen molar-refractivity contribution in [3.8, 4) is 5.75 Å². The highest BCUT2D eigenvalue weighted by molar-refractivity contribution is 5.29. The maximum atomic E-state index is 13.9. The van der Waals surface area contributed by atoms with Gasteiger partial charge in [-0.2, -0.15) is 0 Å². The third kappa shape index (κ3) is 2.88. The molecule has 0 radical (unpaired) electrons. The van der Waals surface area contributed by atoms with E-state index in [9.17, 15) is 9.50 Å². The largest absolute Gasteiger partial charge is 0.508 e. The number of ether oxygens (including phenoxy) is 2. The van der Waals surface area contributed by atoms with E-state index in [-0.39, 0.29) is 29.8 Å². The van der Waals surface area contributed by atoms with Crippen LogP contribution >= 0.6 is 0 Å². The molecule has 1 aromatic rings. The lowest BCUT2D eigenvalue weighted by Crippen LogP contribution is -2.27. The zero-order valence-electron chi connectivity index (χ0n) is 11.5. The van der Waals surface area contributed by atoms with Crippen molar-refractivity contribution in [2.75, 3.05) is 27.3 Å². The van der Waals surface area contributed by atoms with Crippen LogP contribution in [0, 0.1) is 5.82 Å². The Hall–Kier alpha value is -1.17. The zero-order valence-corrected chi connectivity index (χ0v) is 11.5. The van der Waals surface area contributed by atoms with Gasteiger partial charge in [0.25, 0.3) is 0 Å². The molecule has 0 spiro atoms. The number of nitrogens with zero attached hydrogens (tertiary/aromatic N) is 1. The number of hydrogen-bond acceptors (Lipinski definition) is 4. The number of aromatic hydroxyl groups is 1. The zero-order chi connectivity index (χ0) is 14.0. The number of phenols is 1. The molecule has 0 aromatic heterocycles. The van der Waals surface area contributed by atoms with E-state index >= 15 is 0 Å². The first-order chi connectivity index (χ1) is 9.06. The molecular formula is C14H20FNO3. The van der Waals surface area contributed by atoms with Gasteiger partial charge in [-0.15, -0.1) is 0 Å². The van der Waals surface area contributed by atoms with Crippen LogP contribution in [0.15, 0.2) is 18.2 Å². The van der Waals surface area contributed by atoms with Gasteiger partial charge in [0.2, 0.25) is 0 Å².